The summed E-state index contributed by atoms with van der Waals surface area (Å²) < 4.78 is 1.82. The average molecular weight is 466 g/mol. The van der Waals surface area contributed by atoms with Crippen molar-refractivity contribution in [3.8, 4) is 5.69 Å². The predicted molar refractivity (Wildman–Crippen MR) is 124 cm³/mol. The molecule has 0 aliphatic rings. The Morgan fingerprint density at radius 1 is 1.16 bits per heavy atom. The number of carbonyl (C=O) groups is 1. The summed E-state index contributed by atoms with van der Waals surface area (Å²) in [6.45, 7) is 2.22. The van der Waals surface area contributed by atoms with E-state index in [1.54, 1.807) is 18.2 Å². The predicted octanol–water partition coefficient (Wildman–Crippen LogP) is 4.77. The maximum absolute atomic E-state index is 12.4. The van der Waals surface area contributed by atoms with Gasteiger partial charge < -0.3 is 5.32 Å². The van der Waals surface area contributed by atoms with Crippen LogP contribution in [0.2, 0.25) is 0 Å². The normalized spacial score (nSPS) is 10.8. The second kappa shape index (κ2) is 9.75. The molecule has 162 valence electrons. The molecule has 0 aliphatic carbocycles. The molecule has 4 aromatic rings. The number of aromatic nitrogens is 3. The molecule has 32 heavy (non-hydrogen) atoms. The fourth-order valence-corrected chi connectivity index (χ4v) is 4.65. The molecule has 0 aliphatic heterocycles. The average Bonchev–Trinajstić information content (AvgIpc) is 3.46. The standard InChI is InChI=1S/C22H19N5O3S2/c1-15-4-2-5-16(12-15)14-32-22-25-24-20(13-23-21(28)19-6-3-11-31-19)26(22)17-7-9-18(10-8-17)27(29)30/h2-12H,13-14H2,1H3,(H,23,28). The molecule has 0 bridgehead atoms. The van der Waals surface area contributed by atoms with E-state index in [2.05, 4.69) is 27.6 Å². The summed E-state index contributed by atoms with van der Waals surface area (Å²) in [6, 6.07) is 18.0. The van der Waals surface area contributed by atoms with Crippen LogP contribution < -0.4 is 5.32 Å². The number of thiophene rings is 1. The number of carbonyl (C=O) groups excluding carboxylic acids is 1. The monoisotopic (exact) mass is 465 g/mol. The second-order valence-electron chi connectivity index (χ2n) is 6.95. The molecule has 0 atom stereocenters. The molecule has 10 heteroatoms. The minimum atomic E-state index is -0.439. The van der Waals surface area contributed by atoms with Crippen molar-refractivity contribution in [2.75, 3.05) is 0 Å². The van der Waals surface area contributed by atoms with Gasteiger partial charge in [-0.2, -0.15) is 0 Å². The number of nitro benzene ring substituents is 1. The first-order valence-electron chi connectivity index (χ1n) is 9.70. The van der Waals surface area contributed by atoms with E-state index in [0.29, 0.717) is 27.3 Å². The van der Waals surface area contributed by atoms with Gasteiger partial charge in [0.05, 0.1) is 16.3 Å². The van der Waals surface area contributed by atoms with Crippen LogP contribution in [0.1, 0.15) is 26.6 Å². The zero-order valence-corrected chi connectivity index (χ0v) is 18.7. The highest BCUT2D eigenvalue weighted by Crippen LogP contribution is 2.26. The zero-order chi connectivity index (χ0) is 22.5. The third kappa shape index (κ3) is 5.04. The van der Waals surface area contributed by atoms with E-state index in [0.717, 1.165) is 5.56 Å². The summed E-state index contributed by atoms with van der Waals surface area (Å²) in [4.78, 5) is 23.6. The quantitative estimate of drug-likeness (QED) is 0.228. The topological polar surface area (TPSA) is 103 Å². The lowest BCUT2D eigenvalue weighted by atomic mass is 10.2. The molecular weight excluding hydrogens is 446 g/mol. The molecule has 2 heterocycles. The molecule has 2 aromatic carbocycles. The van der Waals surface area contributed by atoms with Crippen molar-refractivity contribution in [2.24, 2.45) is 0 Å². The van der Waals surface area contributed by atoms with Gasteiger partial charge in [0.25, 0.3) is 11.6 Å². The number of benzene rings is 2. The fourth-order valence-electron chi connectivity index (χ4n) is 3.10. The molecule has 1 N–H and O–H groups in total. The molecule has 0 saturated heterocycles. The minimum Gasteiger partial charge on any atom is -0.344 e. The first kappa shape index (κ1) is 21.7. The van der Waals surface area contributed by atoms with Crippen molar-refractivity contribution in [3.63, 3.8) is 0 Å². The highest BCUT2D eigenvalue weighted by molar-refractivity contribution is 7.98. The Balaban J connectivity index is 1.60. The smallest absolute Gasteiger partial charge is 0.269 e. The molecule has 8 nitrogen and oxygen atoms in total. The Labute approximate surface area is 192 Å². The SMILES string of the molecule is Cc1cccc(CSc2nnc(CNC(=O)c3cccs3)n2-c2ccc([N+](=O)[O-])cc2)c1. The molecule has 0 saturated carbocycles. The highest BCUT2D eigenvalue weighted by atomic mass is 32.2. The summed E-state index contributed by atoms with van der Waals surface area (Å²) in [5.74, 6) is 1.04. The van der Waals surface area contributed by atoms with Gasteiger partial charge in [-0.1, -0.05) is 47.7 Å². The van der Waals surface area contributed by atoms with Crippen molar-refractivity contribution >= 4 is 34.7 Å². The fraction of sp³-hybridized carbons (Fsp3) is 0.136. The number of amides is 1. The summed E-state index contributed by atoms with van der Waals surface area (Å²) in [5.41, 5.74) is 3.02. The zero-order valence-electron chi connectivity index (χ0n) is 17.1. The van der Waals surface area contributed by atoms with Crippen molar-refractivity contribution in [3.05, 3.63) is 98.0 Å². The molecular formula is C22H19N5O3S2. The van der Waals surface area contributed by atoms with Crippen molar-refractivity contribution < 1.29 is 9.72 Å². The van der Waals surface area contributed by atoms with Crippen LogP contribution in [0.25, 0.3) is 5.69 Å². The first-order chi connectivity index (χ1) is 15.5. The maximum Gasteiger partial charge on any atom is 0.269 e. The van der Waals surface area contributed by atoms with Gasteiger partial charge in [0.1, 0.15) is 0 Å². The van der Waals surface area contributed by atoms with Crippen molar-refractivity contribution in [2.45, 2.75) is 24.4 Å². The van der Waals surface area contributed by atoms with Gasteiger partial charge in [0.15, 0.2) is 11.0 Å². The summed E-state index contributed by atoms with van der Waals surface area (Å²) in [5, 5.41) is 25.0. The number of nitro groups is 1. The molecule has 2 aromatic heterocycles. The van der Waals surface area contributed by atoms with Crippen LogP contribution in [-0.4, -0.2) is 25.6 Å². The van der Waals surface area contributed by atoms with Crippen LogP contribution in [0, 0.1) is 17.0 Å². The van der Waals surface area contributed by atoms with Gasteiger partial charge in [-0.15, -0.1) is 21.5 Å². The Morgan fingerprint density at radius 2 is 1.97 bits per heavy atom. The van der Waals surface area contributed by atoms with E-state index in [1.165, 1.54) is 40.8 Å². The number of hydrogen-bond acceptors (Lipinski definition) is 7. The number of nitrogens with zero attached hydrogens (tertiary/aromatic N) is 4. The summed E-state index contributed by atoms with van der Waals surface area (Å²) >= 11 is 2.87. The Bertz CT molecular complexity index is 1240. The first-order valence-corrected chi connectivity index (χ1v) is 11.6. The highest BCUT2D eigenvalue weighted by Gasteiger charge is 2.17. The van der Waals surface area contributed by atoms with Crippen LogP contribution in [0.5, 0.6) is 0 Å². The third-order valence-electron chi connectivity index (χ3n) is 4.62. The van der Waals surface area contributed by atoms with E-state index in [-0.39, 0.29) is 18.1 Å². The lowest BCUT2D eigenvalue weighted by Crippen LogP contribution is -2.23. The molecule has 0 fully saturated rings. The van der Waals surface area contributed by atoms with Gasteiger partial charge in [0.2, 0.25) is 0 Å². The van der Waals surface area contributed by atoms with Gasteiger partial charge in [-0.3, -0.25) is 19.5 Å². The molecule has 0 unspecified atom stereocenters. The maximum atomic E-state index is 12.4. The number of thioether (sulfide) groups is 1. The second-order valence-corrected chi connectivity index (χ2v) is 8.84. The number of rotatable bonds is 8. The summed E-state index contributed by atoms with van der Waals surface area (Å²) in [6.07, 6.45) is 0. The van der Waals surface area contributed by atoms with Crippen molar-refractivity contribution in [1.82, 2.24) is 20.1 Å². The van der Waals surface area contributed by atoms with E-state index in [9.17, 15) is 14.9 Å². The number of nitrogens with one attached hydrogen (secondary N) is 1. The molecule has 1 amide bonds. The van der Waals surface area contributed by atoms with Crippen LogP contribution >= 0.6 is 23.1 Å². The van der Waals surface area contributed by atoms with Crippen LogP contribution in [0.15, 0.2) is 71.2 Å². The van der Waals surface area contributed by atoms with E-state index < -0.39 is 4.92 Å². The Morgan fingerprint density at radius 3 is 2.66 bits per heavy atom. The number of aryl methyl sites for hydroxylation is 1. The Hall–Kier alpha value is -3.50. The van der Waals surface area contributed by atoms with Gasteiger partial charge >= 0.3 is 0 Å². The van der Waals surface area contributed by atoms with E-state index in [1.807, 2.05) is 35.1 Å². The van der Waals surface area contributed by atoms with Crippen molar-refractivity contribution in [1.29, 1.82) is 0 Å². The third-order valence-corrected chi connectivity index (χ3v) is 6.49. The van der Waals surface area contributed by atoms with Crippen LogP contribution in [-0.2, 0) is 12.3 Å². The largest absolute Gasteiger partial charge is 0.344 e. The van der Waals surface area contributed by atoms with Gasteiger partial charge in [-0.25, -0.2) is 0 Å². The lowest BCUT2D eigenvalue weighted by Gasteiger charge is -2.11. The van der Waals surface area contributed by atoms with Gasteiger partial charge in [0, 0.05) is 23.6 Å². The summed E-state index contributed by atoms with van der Waals surface area (Å²) in [7, 11) is 0. The molecule has 0 spiro atoms. The Kier molecular flexibility index (Phi) is 6.62. The molecule has 4 rings (SSSR count). The van der Waals surface area contributed by atoms with Gasteiger partial charge in [-0.05, 0) is 36.1 Å². The lowest BCUT2D eigenvalue weighted by molar-refractivity contribution is -0.384. The van der Waals surface area contributed by atoms with Crippen LogP contribution in [0.3, 0.4) is 0 Å². The number of hydrogen-bond donors (Lipinski definition) is 1. The minimum absolute atomic E-state index is 0.00309. The molecule has 0 radical (unpaired) electrons. The van der Waals surface area contributed by atoms with E-state index in [4.69, 9.17) is 0 Å². The number of non-ortho nitro benzene ring substituents is 1. The van der Waals surface area contributed by atoms with E-state index >= 15 is 0 Å². The van der Waals surface area contributed by atoms with Crippen LogP contribution in [0.4, 0.5) is 5.69 Å².